The number of rotatable bonds is 1. The van der Waals surface area contributed by atoms with Gasteiger partial charge in [-0.1, -0.05) is 12.2 Å². The zero-order chi connectivity index (χ0) is 12.1. The van der Waals surface area contributed by atoms with Gasteiger partial charge in [0.25, 0.3) is 0 Å². The van der Waals surface area contributed by atoms with E-state index < -0.39 is 9.75 Å². The van der Waals surface area contributed by atoms with Crippen molar-refractivity contribution in [3.05, 3.63) is 12.2 Å². The molecular weight excluding hydrogens is 245 g/mol. The number of amides is 1. The van der Waals surface area contributed by atoms with E-state index in [-0.39, 0.29) is 17.7 Å². The third kappa shape index (κ3) is 1.50. The third-order valence-corrected chi connectivity index (χ3v) is 5.22. The van der Waals surface area contributed by atoms with E-state index in [1.807, 2.05) is 13.8 Å². The van der Waals surface area contributed by atoms with Crippen LogP contribution in [0, 0.1) is 11.8 Å². The van der Waals surface area contributed by atoms with E-state index in [0.717, 1.165) is 18.4 Å². The minimum atomic E-state index is -0.888. The van der Waals surface area contributed by atoms with E-state index >= 15 is 0 Å². The van der Waals surface area contributed by atoms with Crippen molar-refractivity contribution in [1.82, 2.24) is 5.32 Å². The van der Waals surface area contributed by atoms with E-state index in [1.165, 1.54) is 0 Å². The molecule has 1 saturated heterocycles. The van der Waals surface area contributed by atoms with Crippen LogP contribution >= 0.6 is 23.2 Å². The fraction of sp³-hybridized carbons (Fsp3) is 0.750. The van der Waals surface area contributed by atoms with Gasteiger partial charge in [0.05, 0.1) is 0 Å². The Morgan fingerprint density at radius 2 is 2.19 bits per heavy atom. The van der Waals surface area contributed by atoms with Gasteiger partial charge in [-0.25, -0.2) is 0 Å². The Labute approximate surface area is 106 Å². The predicted octanol–water partition coefficient (Wildman–Crippen LogP) is 2.69. The number of hydrogen-bond donors (Lipinski definition) is 1. The van der Waals surface area contributed by atoms with Crippen LogP contribution in [-0.4, -0.2) is 22.2 Å². The lowest BCUT2D eigenvalue weighted by atomic mass is 9.65. The molecule has 4 unspecified atom stereocenters. The standard InChI is InChI=1S/C12H17Cl2NO/c1-7(2)8-4-5-11(3,13)9-6-15-10(16)12(8,9)14/h8-9H,1,4-6H2,2-3H3,(H,15,16). The first-order chi connectivity index (χ1) is 7.30. The Hall–Kier alpha value is -0.210. The second kappa shape index (κ2) is 3.64. The smallest absolute Gasteiger partial charge is 0.242 e. The van der Waals surface area contributed by atoms with Crippen LogP contribution in [0.3, 0.4) is 0 Å². The maximum Gasteiger partial charge on any atom is 0.242 e. The number of alkyl halides is 2. The Morgan fingerprint density at radius 1 is 1.56 bits per heavy atom. The van der Waals surface area contributed by atoms with Gasteiger partial charge >= 0.3 is 0 Å². The zero-order valence-corrected chi connectivity index (χ0v) is 11.2. The van der Waals surface area contributed by atoms with Crippen LogP contribution in [0.2, 0.25) is 0 Å². The molecule has 90 valence electrons. The molecule has 1 saturated carbocycles. The summed E-state index contributed by atoms with van der Waals surface area (Å²) in [5.41, 5.74) is 0.976. The molecule has 4 heteroatoms. The Balaban J connectivity index is 2.44. The van der Waals surface area contributed by atoms with Crippen molar-refractivity contribution in [3.63, 3.8) is 0 Å². The summed E-state index contributed by atoms with van der Waals surface area (Å²) >= 11 is 13.1. The van der Waals surface area contributed by atoms with E-state index in [0.29, 0.717) is 6.54 Å². The number of carbonyl (C=O) groups excluding carboxylic acids is 1. The van der Waals surface area contributed by atoms with Crippen molar-refractivity contribution in [2.75, 3.05) is 6.54 Å². The van der Waals surface area contributed by atoms with E-state index in [9.17, 15) is 4.79 Å². The highest BCUT2D eigenvalue weighted by atomic mass is 35.5. The molecule has 0 bridgehead atoms. The molecule has 0 aromatic carbocycles. The molecule has 1 N–H and O–H groups in total. The summed E-state index contributed by atoms with van der Waals surface area (Å²) in [6.45, 7) is 8.45. The largest absolute Gasteiger partial charge is 0.354 e. The molecule has 4 atom stereocenters. The van der Waals surface area contributed by atoms with Crippen molar-refractivity contribution < 1.29 is 4.79 Å². The number of carbonyl (C=O) groups is 1. The number of hydrogen-bond acceptors (Lipinski definition) is 1. The van der Waals surface area contributed by atoms with Crippen LogP contribution in [-0.2, 0) is 4.79 Å². The second-order valence-corrected chi connectivity index (χ2v) is 6.74. The van der Waals surface area contributed by atoms with Gasteiger partial charge in [-0.15, -0.1) is 23.2 Å². The average Bonchev–Trinajstić information content (AvgIpc) is 2.44. The number of fused-ring (bicyclic) bond motifs is 1. The van der Waals surface area contributed by atoms with Crippen molar-refractivity contribution in [2.24, 2.45) is 11.8 Å². The summed E-state index contributed by atoms with van der Waals surface area (Å²) in [7, 11) is 0. The van der Waals surface area contributed by atoms with Crippen LogP contribution in [0.1, 0.15) is 26.7 Å². The molecule has 1 heterocycles. The van der Waals surface area contributed by atoms with E-state index in [2.05, 4.69) is 11.9 Å². The molecule has 2 nitrogen and oxygen atoms in total. The lowest BCUT2D eigenvalue weighted by Gasteiger charge is -2.46. The minimum Gasteiger partial charge on any atom is -0.354 e. The lowest BCUT2D eigenvalue weighted by molar-refractivity contribution is -0.123. The number of allylic oxidation sites excluding steroid dienone is 1. The van der Waals surface area contributed by atoms with Gasteiger partial charge in [0.1, 0.15) is 4.87 Å². The van der Waals surface area contributed by atoms with Crippen molar-refractivity contribution in [3.8, 4) is 0 Å². The molecule has 16 heavy (non-hydrogen) atoms. The first kappa shape index (κ1) is 12.3. The van der Waals surface area contributed by atoms with Crippen LogP contribution < -0.4 is 5.32 Å². The molecule has 1 aliphatic heterocycles. The molecule has 2 aliphatic rings. The topological polar surface area (TPSA) is 29.1 Å². The molecule has 0 aromatic rings. The lowest BCUT2D eigenvalue weighted by Crippen LogP contribution is -2.54. The van der Waals surface area contributed by atoms with Crippen LogP contribution in [0.25, 0.3) is 0 Å². The fourth-order valence-corrected chi connectivity index (χ4v) is 4.20. The van der Waals surface area contributed by atoms with Gasteiger partial charge in [0.2, 0.25) is 5.91 Å². The first-order valence-electron chi connectivity index (χ1n) is 5.61. The van der Waals surface area contributed by atoms with Gasteiger partial charge in [-0.3, -0.25) is 4.79 Å². The Bertz CT molecular complexity index is 353. The quantitative estimate of drug-likeness (QED) is 0.571. The van der Waals surface area contributed by atoms with Crippen molar-refractivity contribution in [2.45, 2.75) is 36.4 Å². The molecule has 2 fully saturated rings. The second-order valence-electron chi connectivity index (χ2n) is 5.25. The van der Waals surface area contributed by atoms with Gasteiger partial charge in [-0.2, -0.15) is 0 Å². The molecule has 1 aliphatic carbocycles. The molecule has 0 spiro atoms. The number of halogens is 2. The maximum atomic E-state index is 12.0. The summed E-state index contributed by atoms with van der Waals surface area (Å²) in [5.74, 6) is -0.0708. The highest BCUT2D eigenvalue weighted by Crippen LogP contribution is 2.54. The summed E-state index contributed by atoms with van der Waals surface area (Å²) in [6.07, 6.45) is 1.71. The van der Waals surface area contributed by atoms with E-state index in [1.54, 1.807) is 0 Å². The third-order valence-electron chi connectivity index (χ3n) is 4.07. The van der Waals surface area contributed by atoms with Crippen LogP contribution in [0.15, 0.2) is 12.2 Å². The molecule has 0 aromatic heterocycles. The van der Waals surface area contributed by atoms with Crippen molar-refractivity contribution >= 4 is 29.1 Å². The van der Waals surface area contributed by atoms with Gasteiger partial charge in [0, 0.05) is 23.3 Å². The summed E-state index contributed by atoms with van der Waals surface area (Å²) < 4.78 is 0. The SMILES string of the molecule is C=C(C)C1CCC(C)(Cl)C2CNC(=O)C12Cl. The fourth-order valence-electron chi connectivity index (χ4n) is 3.10. The molecule has 1 amide bonds. The maximum absolute atomic E-state index is 12.0. The Morgan fingerprint density at radius 3 is 2.75 bits per heavy atom. The average molecular weight is 262 g/mol. The van der Waals surface area contributed by atoms with Crippen LogP contribution in [0.4, 0.5) is 0 Å². The molecule has 0 radical (unpaired) electrons. The van der Waals surface area contributed by atoms with Gasteiger partial charge in [-0.05, 0) is 26.7 Å². The van der Waals surface area contributed by atoms with Crippen molar-refractivity contribution in [1.29, 1.82) is 0 Å². The van der Waals surface area contributed by atoms with Gasteiger partial charge < -0.3 is 5.32 Å². The highest BCUT2D eigenvalue weighted by molar-refractivity contribution is 6.37. The summed E-state index contributed by atoms with van der Waals surface area (Å²) in [6, 6.07) is 0. The number of nitrogens with one attached hydrogen (secondary N) is 1. The summed E-state index contributed by atoms with van der Waals surface area (Å²) in [4.78, 5) is 10.7. The minimum absolute atomic E-state index is 0.0220. The van der Waals surface area contributed by atoms with Gasteiger partial charge in [0.15, 0.2) is 0 Å². The van der Waals surface area contributed by atoms with Crippen LogP contribution in [0.5, 0.6) is 0 Å². The monoisotopic (exact) mass is 261 g/mol. The summed E-state index contributed by atoms with van der Waals surface area (Å²) in [5, 5.41) is 2.85. The predicted molar refractivity (Wildman–Crippen MR) is 66.9 cm³/mol. The molecule has 2 rings (SSSR count). The normalized spacial score (nSPS) is 47.4. The molecular formula is C12H17Cl2NO. The highest BCUT2D eigenvalue weighted by Gasteiger charge is 2.62. The Kier molecular flexibility index (Phi) is 2.79. The zero-order valence-electron chi connectivity index (χ0n) is 9.65. The first-order valence-corrected chi connectivity index (χ1v) is 6.37. The van der Waals surface area contributed by atoms with E-state index in [4.69, 9.17) is 23.2 Å².